The van der Waals surface area contributed by atoms with Gasteiger partial charge in [-0.25, -0.2) is 4.98 Å². The third-order valence-corrected chi connectivity index (χ3v) is 4.36. The van der Waals surface area contributed by atoms with E-state index in [0.717, 1.165) is 4.57 Å². The molecule has 11 heteroatoms. The van der Waals surface area contributed by atoms with E-state index in [4.69, 9.17) is 20.8 Å². The summed E-state index contributed by atoms with van der Waals surface area (Å²) in [6.07, 6.45) is -4.72. The SMILES string of the molecule is O=C(Cn1c(C(F)(F)F)nc2ccccc21)OCc1nnc(-c2ccc(Cl)cc2)o1. The first-order valence-corrected chi connectivity index (χ1v) is 8.95. The number of rotatable bonds is 5. The van der Waals surface area contributed by atoms with Gasteiger partial charge in [0.2, 0.25) is 11.7 Å². The summed E-state index contributed by atoms with van der Waals surface area (Å²) in [7, 11) is 0. The van der Waals surface area contributed by atoms with E-state index in [1.54, 1.807) is 36.4 Å². The highest BCUT2D eigenvalue weighted by molar-refractivity contribution is 6.30. The van der Waals surface area contributed by atoms with Gasteiger partial charge in [-0.15, -0.1) is 10.2 Å². The first-order valence-electron chi connectivity index (χ1n) is 8.57. The second-order valence-electron chi connectivity index (χ2n) is 6.18. The molecule has 0 fully saturated rings. The van der Waals surface area contributed by atoms with Gasteiger partial charge in [-0.3, -0.25) is 4.79 Å². The van der Waals surface area contributed by atoms with Gasteiger partial charge in [0.05, 0.1) is 11.0 Å². The standard InChI is InChI=1S/C19H12ClF3N4O3/c20-12-7-5-11(6-8-12)17-26-25-15(30-17)10-29-16(28)9-27-14-4-2-1-3-13(14)24-18(27)19(21,22)23/h1-8H,9-10H2. The summed E-state index contributed by atoms with van der Waals surface area (Å²) in [4.78, 5) is 15.8. The molecule has 0 aliphatic carbocycles. The highest BCUT2D eigenvalue weighted by atomic mass is 35.5. The molecular weight excluding hydrogens is 425 g/mol. The molecule has 0 bridgehead atoms. The van der Waals surface area contributed by atoms with Gasteiger partial charge in [0.25, 0.3) is 5.89 Å². The number of alkyl halides is 3. The summed E-state index contributed by atoms with van der Waals surface area (Å²) in [5.74, 6) is -1.89. The van der Waals surface area contributed by atoms with E-state index in [9.17, 15) is 18.0 Å². The first-order chi connectivity index (χ1) is 14.3. The zero-order valence-electron chi connectivity index (χ0n) is 15.1. The van der Waals surface area contributed by atoms with Crippen molar-refractivity contribution in [2.45, 2.75) is 19.3 Å². The van der Waals surface area contributed by atoms with E-state index < -0.39 is 24.5 Å². The van der Waals surface area contributed by atoms with Gasteiger partial charge in [-0.05, 0) is 36.4 Å². The number of hydrogen-bond acceptors (Lipinski definition) is 6. The predicted octanol–water partition coefficient (Wildman–Crippen LogP) is 4.50. The average molecular weight is 437 g/mol. The first kappa shape index (κ1) is 19.9. The molecule has 0 spiro atoms. The number of carbonyl (C=O) groups excluding carboxylic acids is 1. The Labute approximate surface area is 172 Å². The maximum absolute atomic E-state index is 13.3. The van der Waals surface area contributed by atoms with Crippen LogP contribution in [-0.4, -0.2) is 25.7 Å². The summed E-state index contributed by atoms with van der Waals surface area (Å²) in [6.45, 7) is -1.05. The van der Waals surface area contributed by atoms with Crippen LogP contribution < -0.4 is 0 Å². The number of hydrogen-bond donors (Lipinski definition) is 0. The fourth-order valence-electron chi connectivity index (χ4n) is 2.79. The minimum absolute atomic E-state index is 0.000154. The molecule has 4 aromatic rings. The van der Waals surface area contributed by atoms with E-state index in [1.807, 2.05) is 0 Å². The van der Waals surface area contributed by atoms with Crippen LogP contribution in [0.5, 0.6) is 0 Å². The van der Waals surface area contributed by atoms with E-state index in [0.29, 0.717) is 10.6 Å². The van der Waals surface area contributed by atoms with Gasteiger partial charge < -0.3 is 13.7 Å². The second kappa shape index (κ2) is 7.79. The van der Waals surface area contributed by atoms with Crippen molar-refractivity contribution in [2.24, 2.45) is 0 Å². The molecule has 30 heavy (non-hydrogen) atoms. The molecule has 0 unspecified atom stereocenters. The number of carbonyl (C=O) groups is 1. The third-order valence-electron chi connectivity index (χ3n) is 4.11. The molecule has 2 heterocycles. The minimum Gasteiger partial charge on any atom is -0.454 e. The molecule has 2 aromatic heterocycles. The number of nitrogens with zero attached hydrogens (tertiary/aromatic N) is 4. The zero-order valence-corrected chi connectivity index (χ0v) is 15.8. The summed E-state index contributed by atoms with van der Waals surface area (Å²) in [5.41, 5.74) is 0.913. The van der Waals surface area contributed by atoms with Crippen molar-refractivity contribution in [1.29, 1.82) is 0 Å². The largest absolute Gasteiger partial charge is 0.454 e. The number of halogens is 4. The quantitative estimate of drug-likeness (QED) is 0.428. The van der Waals surface area contributed by atoms with Crippen molar-refractivity contribution in [1.82, 2.24) is 19.7 Å². The summed E-state index contributed by atoms with van der Waals surface area (Å²) >= 11 is 5.82. The Morgan fingerprint density at radius 3 is 2.57 bits per heavy atom. The molecule has 0 saturated carbocycles. The average Bonchev–Trinajstić information content (AvgIpc) is 3.32. The normalized spacial score (nSPS) is 11.7. The number of benzene rings is 2. The highest BCUT2D eigenvalue weighted by Crippen LogP contribution is 2.31. The Balaban J connectivity index is 1.47. The van der Waals surface area contributed by atoms with Crippen LogP contribution >= 0.6 is 11.6 Å². The van der Waals surface area contributed by atoms with Crippen LogP contribution in [0, 0.1) is 0 Å². The van der Waals surface area contributed by atoms with E-state index >= 15 is 0 Å². The molecule has 2 aromatic carbocycles. The lowest BCUT2D eigenvalue weighted by Gasteiger charge is -2.10. The molecule has 4 rings (SSSR count). The van der Waals surface area contributed by atoms with Crippen molar-refractivity contribution < 1.29 is 27.1 Å². The van der Waals surface area contributed by atoms with Crippen molar-refractivity contribution in [3.63, 3.8) is 0 Å². The van der Waals surface area contributed by atoms with Crippen molar-refractivity contribution >= 4 is 28.6 Å². The molecule has 154 valence electrons. The molecule has 0 N–H and O–H groups in total. The Morgan fingerprint density at radius 1 is 1.10 bits per heavy atom. The Morgan fingerprint density at radius 2 is 1.83 bits per heavy atom. The number of para-hydroxylation sites is 2. The van der Waals surface area contributed by atoms with Crippen LogP contribution in [0.25, 0.3) is 22.5 Å². The van der Waals surface area contributed by atoms with Crippen LogP contribution in [-0.2, 0) is 28.9 Å². The van der Waals surface area contributed by atoms with Crippen LogP contribution in [0.4, 0.5) is 13.2 Å². The Bertz CT molecular complexity index is 1200. The van der Waals surface area contributed by atoms with Crippen molar-refractivity contribution in [3.05, 3.63) is 65.3 Å². The van der Waals surface area contributed by atoms with Crippen molar-refractivity contribution in [3.8, 4) is 11.5 Å². The molecule has 0 atom stereocenters. The van der Waals surface area contributed by atoms with Gasteiger partial charge in [0.15, 0.2) is 6.61 Å². The van der Waals surface area contributed by atoms with Crippen LogP contribution in [0.2, 0.25) is 5.02 Å². The fourth-order valence-corrected chi connectivity index (χ4v) is 2.92. The molecule has 0 aliphatic heterocycles. The lowest BCUT2D eigenvalue weighted by Crippen LogP contribution is -2.20. The number of fused-ring (bicyclic) bond motifs is 1. The summed E-state index contributed by atoms with van der Waals surface area (Å²) in [6, 6.07) is 12.6. The molecule has 0 aliphatic rings. The summed E-state index contributed by atoms with van der Waals surface area (Å²) in [5, 5.41) is 8.15. The molecule has 0 saturated heterocycles. The maximum Gasteiger partial charge on any atom is 0.449 e. The number of ether oxygens (including phenoxy) is 1. The van der Waals surface area contributed by atoms with E-state index in [2.05, 4.69) is 15.2 Å². The number of esters is 1. The van der Waals surface area contributed by atoms with Gasteiger partial charge in [0.1, 0.15) is 6.54 Å². The van der Waals surface area contributed by atoms with Gasteiger partial charge >= 0.3 is 12.1 Å². The van der Waals surface area contributed by atoms with Crippen LogP contribution in [0.3, 0.4) is 0 Å². The van der Waals surface area contributed by atoms with E-state index in [-0.39, 0.29) is 29.4 Å². The van der Waals surface area contributed by atoms with E-state index in [1.165, 1.54) is 12.1 Å². The smallest absolute Gasteiger partial charge is 0.449 e. The molecule has 7 nitrogen and oxygen atoms in total. The number of aromatic nitrogens is 4. The lowest BCUT2D eigenvalue weighted by atomic mass is 10.2. The summed E-state index contributed by atoms with van der Waals surface area (Å²) < 4.78 is 51.1. The van der Waals surface area contributed by atoms with Crippen molar-refractivity contribution in [2.75, 3.05) is 0 Å². The fraction of sp³-hybridized carbons (Fsp3) is 0.158. The molecule has 0 radical (unpaired) electrons. The Hall–Kier alpha value is -3.40. The zero-order chi connectivity index (χ0) is 21.3. The highest BCUT2D eigenvalue weighted by Gasteiger charge is 2.38. The second-order valence-corrected chi connectivity index (χ2v) is 6.61. The monoisotopic (exact) mass is 436 g/mol. The minimum atomic E-state index is -4.72. The van der Waals surface area contributed by atoms with Gasteiger partial charge in [-0.1, -0.05) is 23.7 Å². The van der Waals surface area contributed by atoms with Gasteiger partial charge in [-0.2, -0.15) is 13.2 Å². The van der Waals surface area contributed by atoms with Crippen LogP contribution in [0.1, 0.15) is 11.7 Å². The molecular formula is C19H12ClF3N4O3. The number of imidazole rings is 1. The maximum atomic E-state index is 13.3. The third kappa shape index (κ3) is 4.13. The predicted molar refractivity (Wildman–Crippen MR) is 99.3 cm³/mol. The molecule has 0 amide bonds. The van der Waals surface area contributed by atoms with Crippen LogP contribution in [0.15, 0.2) is 52.9 Å². The topological polar surface area (TPSA) is 83.0 Å². The lowest BCUT2D eigenvalue weighted by molar-refractivity contribution is -0.151. The van der Waals surface area contributed by atoms with Gasteiger partial charge in [0, 0.05) is 10.6 Å². The Kier molecular flexibility index (Phi) is 5.17.